The maximum Gasteiger partial charge on any atom is 0.416 e. The summed E-state index contributed by atoms with van der Waals surface area (Å²) in [6, 6.07) is 5.01. The highest BCUT2D eigenvalue weighted by Gasteiger charge is 2.34. The number of hydrogen-bond donors (Lipinski definition) is 2. The maximum atomic E-state index is 12.8. The zero-order chi connectivity index (χ0) is 17.0. The Labute approximate surface area is 141 Å². The monoisotopic (exact) mass is 352 g/mol. The molecule has 1 aromatic carbocycles. The van der Waals surface area contributed by atoms with Crippen molar-refractivity contribution in [2.24, 2.45) is 0 Å². The molecular weight excluding hydrogens is 329 g/mol. The molecule has 0 radical (unpaired) electrons. The molecule has 0 bridgehead atoms. The Morgan fingerprint density at radius 2 is 1.78 bits per heavy atom. The Bertz CT molecular complexity index is 518. The quantitative estimate of drug-likeness (QED) is 0.822. The number of likely N-dealkylation sites (N-methyl/N-ethyl adjacent to an activating group) is 1. The molecule has 0 fully saturated rings. The topological polar surface area (TPSA) is 41.1 Å². The van der Waals surface area contributed by atoms with E-state index in [4.69, 9.17) is 0 Å². The molecule has 0 aliphatic carbocycles. The van der Waals surface area contributed by atoms with Gasteiger partial charge >= 0.3 is 6.18 Å². The second-order valence-electron chi connectivity index (χ2n) is 5.87. The third-order valence-electron chi connectivity index (χ3n) is 3.60. The number of nitrogens with one attached hydrogen (secondary N) is 2. The Kier molecular flexibility index (Phi) is 8.07. The molecule has 2 N–H and O–H groups in total. The van der Waals surface area contributed by atoms with Gasteiger partial charge in [-0.3, -0.25) is 4.79 Å². The van der Waals surface area contributed by atoms with Crippen LogP contribution in [0.2, 0.25) is 0 Å². The lowest BCUT2D eigenvalue weighted by molar-refractivity contribution is -0.137. The molecule has 0 spiro atoms. The summed E-state index contributed by atoms with van der Waals surface area (Å²) in [4.78, 5) is 12.3. The van der Waals surface area contributed by atoms with E-state index < -0.39 is 17.2 Å². The number of halogens is 4. The van der Waals surface area contributed by atoms with Crippen molar-refractivity contribution < 1.29 is 18.0 Å². The largest absolute Gasteiger partial charge is 0.416 e. The van der Waals surface area contributed by atoms with Crippen LogP contribution in [0.5, 0.6) is 0 Å². The Morgan fingerprint density at radius 1 is 1.22 bits per heavy atom. The molecule has 0 aromatic heterocycles. The molecule has 0 aliphatic heterocycles. The summed E-state index contributed by atoms with van der Waals surface area (Å²) in [5.41, 5.74) is -1.43. The van der Waals surface area contributed by atoms with Crippen LogP contribution in [0.1, 0.15) is 38.8 Å². The molecule has 0 aliphatic rings. The zero-order valence-corrected chi connectivity index (χ0v) is 14.6. The van der Waals surface area contributed by atoms with Gasteiger partial charge in [0.1, 0.15) is 0 Å². The molecular formula is C16H24ClF3N2O. The number of carbonyl (C=O) groups is 1. The van der Waals surface area contributed by atoms with Crippen molar-refractivity contribution in [2.45, 2.75) is 45.3 Å². The van der Waals surface area contributed by atoms with Crippen LogP contribution in [0.3, 0.4) is 0 Å². The highest BCUT2D eigenvalue weighted by Crippen LogP contribution is 2.32. The van der Waals surface area contributed by atoms with Gasteiger partial charge in [-0.15, -0.1) is 12.4 Å². The normalized spacial score (nSPS) is 13.2. The van der Waals surface area contributed by atoms with E-state index in [0.717, 1.165) is 18.7 Å². The van der Waals surface area contributed by atoms with Gasteiger partial charge in [0.15, 0.2) is 0 Å². The molecule has 0 saturated heterocycles. The number of benzene rings is 1. The van der Waals surface area contributed by atoms with Gasteiger partial charge in [0.2, 0.25) is 5.91 Å². The van der Waals surface area contributed by atoms with Gasteiger partial charge < -0.3 is 10.6 Å². The van der Waals surface area contributed by atoms with Crippen LogP contribution < -0.4 is 10.6 Å². The van der Waals surface area contributed by atoms with Crippen LogP contribution >= 0.6 is 12.4 Å². The van der Waals surface area contributed by atoms with Crippen molar-refractivity contribution in [1.82, 2.24) is 10.6 Å². The third kappa shape index (κ3) is 6.03. The fourth-order valence-corrected chi connectivity index (χ4v) is 2.10. The van der Waals surface area contributed by atoms with Crippen molar-refractivity contribution in [3.63, 3.8) is 0 Å². The zero-order valence-electron chi connectivity index (χ0n) is 13.8. The Balaban J connectivity index is 0.00000484. The fourth-order valence-electron chi connectivity index (χ4n) is 2.10. The van der Waals surface area contributed by atoms with Crippen LogP contribution in [0.25, 0.3) is 0 Å². The van der Waals surface area contributed by atoms with Crippen LogP contribution in [0, 0.1) is 0 Å². The molecule has 3 nitrogen and oxygen atoms in total. The SMILES string of the molecule is CCN[C@H](C)CNC(=O)C(C)(C)c1cccc(C(F)(F)F)c1.Cl. The van der Waals surface area contributed by atoms with Gasteiger partial charge in [0, 0.05) is 12.6 Å². The third-order valence-corrected chi connectivity index (χ3v) is 3.60. The number of alkyl halides is 3. The summed E-state index contributed by atoms with van der Waals surface area (Å²) in [5, 5.41) is 5.94. The van der Waals surface area contributed by atoms with E-state index in [-0.39, 0.29) is 24.4 Å². The predicted molar refractivity (Wildman–Crippen MR) is 87.9 cm³/mol. The lowest BCUT2D eigenvalue weighted by Gasteiger charge is -2.26. The van der Waals surface area contributed by atoms with E-state index in [0.29, 0.717) is 12.1 Å². The molecule has 1 rings (SSSR count). The highest BCUT2D eigenvalue weighted by atomic mass is 35.5. The molecule has 132 valence electrons. The lowest BCUT2D eigenvalue weighted by atomic mass is 9.83. The Morgan fingerprint density at radius 3 is 2.30 bits per heavy atom. The van der Waals surface area contributed by atoms with E-state index in [9.17, 15) is 18.0 Å². The average Bonchev–Trinajstić information content (AvgIpc) is 2.44. The maximum absolute atomic E-state index is 12.8. The minimum atomic E-state index is -4.41. The molecule has 1 atom stereocenters. The smallest absolute Gasteiger partial charge is 0.354 e. The number of amides is 1. The molecule has 7 heteroatoms. The van der Waals surface area contributed by atoms with Crippen molar-refractivity contribution in [1.29, 1.82) is 0 Å². The molecule has 0 heterocycles. The minimum absolute atomic E-state index is 0. The van der Waals surface area contributed by atoms with Gasteiger partial charge in [-0.2, -0.15) is 13.2 Å². The Hall–Kier alpha value is -1.27. The first-order valence-electron chi connectivity index (χ1n) is 7.28. The summed E-state index contributed by atoms with van der Waals surface area (Å²) in [6.45, 7) is 8.35. The first-order valence-corrected chi connectivity index (χ1v) is 7.28. The second kappa shape index (κ2) is 8.55. The van der Waals surface area contributed by atoms with Crippen molar-refractivity contribution in [3.8, 4) is 0 Å². The molecule has 0 unspecified atom stereocenters. The number of hydrogen-bond acceptors (Lipinski definition) is 2. The first kappa shape index (κ1) is 21.7. The minimum Gasteiger partial charge on any atom is -0.354 e. The summed E-state index contributed by atoms with van der Waals surface area (Å²) in [6.07, 6.45) is -4.41. The predicted octanol–water partition coefficient (Wildman–Crippen LogP) is 3.52. The standard InChI is InChI=1S/C16H23F3N2O.ClH/c1-5-20-11(2)10-21-14(22)15(3,4)12-7-6-8-13(9-12)16(17,18)19;/h6-9,11,20H,5,10H2,1-4H3,(H,21,22);1H/t11-;/m1./s1. The summed E-state index contributed by atoms with van der Waals surface area (Å²) in [7, 11) is 0. The summed E-state index contributed by atoms with van der Waals surface area (Å²) >= 11 is 0. The van der Waals surface area contributed by atoms with E-state index in [1.54, 1.807) is 19.9 Å². The molecule has 23 heavy (non-hydrogen) atoms. The van der Waals surface area contributed by atoms with Crippen molar-refractivity contribution >= 4 is 18.3 Å². The van der Waals surface area contributed by atoms with Crippen LogP contribution in [-0.2, 0) is 16.4 Å². The van der Waals surface area contributed by atoms with E-state index in [1.807, 2.05) is 13.8 Å². The fraction of sp³-hybridized carbons (Fsp3) is 0.562. The van der Waals surface area contributed by atoms with E-state index >= 15 is 0 Å². The van der Waals surface area contributed by atoms with Gasteiger partial charge in [0.25, 0.3) is 0 Å². The first-order chi connectivity index (χ1) is 10.1. The van der Waals surface area contributed by atoms with E-state index in [1.165, 1.54) is 6.07 Å². The van der Waals surface area contributed by atoms with Crippen molar-refractivity contribution in [2.75, 3.05) is 13.1 Å². The summed E-state index contributed by atoms with van der Waals surface area (Å²) < 4.78 is 38.4. The number of rotatable bonds is 6. The van der Waals surface area contributed by atoms with Crippen LogP contribution in [-0.4, -0.2) is 25.0 Å². The van der Waals surface area contributed by atoms with E-state index in [2.05, 4.69) is 10.6 Å². The van der Waals surface area contributed by atoms with Crippen LogP contribution in [0.15, 0.2) is 24.3 Å². The van der Waals surface area contributed by atoms with Gasteiger partial charge in [0.05, 0.1) is 11.0 Å². The number of carbonyl (C=O) groups excluding carboxylic acids is 1. The van der Waals surface area contributed by atoms with Gasteiger partial charge in [-0.25, -0.2) is 0 Å². The molecule has 0 saturated carbocycles. The summed E-state index contributed by atoms with van der Waals surface area (Å²) in [5.74, 6) is -0.295. The van der Waals surface area contributed by atoms with Gasteiger partial charge in [-0.05, 0) is 38.9 Å². The lowest BCUT2D eigenvalue weighted by Crippen LogP contribution is -2.45. The molecule has 1 amide bonds. The molecule has 1 aromatic rings. The second-order valence-corrected chi connectivity index (χ2v) is 5.87. The van der Waals surface area contributed by atoms with Crippen molar-refractivity contribution in [3.05, 3.63) is 35.4 Å². The van der Waals surface area contributed by atoms with Gasteiger partial charge in [-0.1, -0.05) is 25.1 Å². The highest BCUT2D eigenvalue weighted by molar-refractivity contribution is 5.87. The average molecular weight is 353 g/mol. The van der Waals surface area contributed by atoms with Crippen LogP contribution in [0.4, 0.5) is 13.2 Å².